The molecule has 0 saturated heterocycles. The molecule has 7 nitrogen and oxygen atoms in total. The number of hydrogen-bond acceptors (Lipinski definition) is 6. The lowest BCUT2D eigenvalue weighted by molar-refractivity contribution is 0.316. The highest BCUT2D eigenvalue weighted by molar-refractivity contribution is 5.97. The third-order valence-corrected chi connectivity index (χ3v) is 2.04. The van der Waals surface area contributed by atoms with Crippen LogP contribution in [0.1, 0.15) is 17.2 Å². The van der Waals surface area contributed by atoms with E-state index in [1.807, 2.05) is 19.1 Å². The molecule has 2 heterocycles. The second kappa shape index (κ2) is 4.05. The van der Waals surface area contributed by atoms with Gasteiger partial charge in [0.15, 0.2) is 5.82 Å². The Balaban J connectivity index is 2.50. The number of oxime groups is 1. The van der Waals surface area contributed by atoms with Gasteiger partial charge in [0, 0.05) is 5.69 Å². The first-order valence-electron chi connectivity index (χ1n) is 4.64. The average molecular weight is 218 g/mol. The first-order chi connectivity index (χ1) is 7.72. The van der Waals surface area contributed by atoms with Gasteiger partial charge in [0.1, 0.15) is 5.69 Å². The summed E-state index contributed by atoms with van der Waals surface area (Å²) >= 11 is 0. The molecule has 16 heavy (non-hydrogen) atoms. The average Bonchev–Trinajstić information content (AvgIpc) is 2.67. The molecule has 0 fully saturated rings. The van der Waals surface area contributed by atoms with Gasteiger partial charge in [0.05, 0.1) is 0 Å². The molecule has 0 aliphatic carbocycles. The molecule has 0 radical (unpaired) electrons. The van der Waals surface area contributed by atoms with Crippen molar-refractivity contribution < 1.29 is 5.21 Å². The van der Waals surface area contributed by atoms with Crippen molar-refractivity contribution in [1.29, 1.82) is 0 Å². The highest BCUT2D eigenvalue weighted by Crippen LogP contribution is 2.03. The lowest BCUT2D eigenvalue weighted by atomic mass is 10.3. The molecule has 2 aromatic rings. The fraction of sp³-hybridized carbons (Fsp3) is 0.222. The smallest absolute Gasteiger partial charge is 0.221 e. The van der Waals surface area contributed by atoms with E-state index < -0.39 is 0 Å². The topological polar surface area (TPSA) is 89.1 Å². The van der Waals surface area contributed by atoms with Crippen LogP contribution in [0.2, 0.25) is 0 Å². The Hall–Kier alpha value is -2.31. The van der Waals surface area contributed by atoms with E-state index in [0.29, 0.717) is 11.5 Å². The summed E-state index contributed by atoms with van der Waals surface area (Å²) in [6, 6.07) is 5.40. The van der Waals surface area contributed by atoms with Crippen molar-refractivity contribution in [2.75, 3.05) is 0 Å². The number of hydrogen-bond donors (Lipinski definition) is 1. The van der Waals surface area contributed by atoms with Crippen LogP contribution in [-0.4, -0.2) is 36.2 Å². The zero-order valence-electron chi connectivity index (χ0n) is 8.86. The van der Waals surface area contributed by atoms with Crippen molar-refractivity contribution in [2.24, 2.45) is 5.16 Å². The van der Waals surface area contributed by atoms with Gasteiger partial charge >= 0.3 is 0 Å². The van der Waals surface area contributed by atoms with E-state index in [9.17, 15) is 0 Å². The van der Waals surface area contributed by atoms with Crippen LogP contribution in [-0.2, 0) is 0 Å². The van der Waals surface area contributed by atoms with Crippen LogP contribution in [0.5, 0.6) is 0 Å². The van der Waals surface area contributed by atoms with Gasteiger partial charge in [0.2, 0.25) is 5.84 Å². The van der Waals surface area contributed by atoms with E-state index in [2.05, 4.69) is 25.7 Å². The number of nitrogens with zero attached hydrogens (tertiary/aromatic N) is 6. The number of aromatic nitrogens is 5. The fourth-order valence-electron chi connectivity index (χ4n) is 1.30. The zero-order valence-corrected chi connectivity index (χ0v) is 8.86. The van der Waals surface area contributed by atoms with Crippen molar-refractivity contribution in [2.45, 2.75) is 13.8 Å². The predicted molar refractivity (Wildman–Crippen MR) is 55.2 cm³/mol. The van der Waals surface area contributed by atoms with Gasteiger partial charge in [-0.25, -0.2) is 4.98 Å². The van der Waals surface area contributed by atoms with E-state index in [-0.39, 0.29) is 5.84 Å². The molecule has 7 heteroatoms. The monoisotopic (exact) mass is 218 g/mol. The summed E-state index contributed by atoms with van der Waals surface area (Å²) in [7, 11) is 0. The van der Waals surface area contributed by atoms with Crippen LogP contribution in [0.15, 0.2) is 23.4 Å². The summed E-state index contributed by atoms with van der Waals surface area (Å²) in [5, 5.41) is 23.1. The summed E-state index contributed by atoms with van der Waals surface area (Å²) in [5.74, 6) is 0.724. The second-order valence-corrected chi connectivity index (χ2v) is 3.23. The molecule has 0 bridgehead atoms. The van der Waals surface area contributed by atoms with Crippen LogP contribution in [0.4, 0.5) is 0 Å². The summed E-state index contributed by atoms with van der Waals surface area (Å²) in [5.41, 5.74) is 1.34. The molecule has 0 aliphatic rings. The van der Waals surface area contributed by atoms with Crippen molar-refractivity contribution >= 4 is 5.84 Å². The Kier molecular flexibility index (Phi) is 2.59. The molecule has 2 aromatic heterocycles. The van der Waals surface area contributed by atoms with Crippen molar-refractivity contribution in [3.63, 3.8) is 0 Å². The highest BCUT2D eigenvalue weighted by Gasteiger charge is 2.13. The normalized spacial score (nSPS) is 11.8. The van der Waals surface area contributed by atoms with Crippen molar-refractivity contribution in [3.05, 3.63) is 35.4 Å². The molecule has 0 unspecified atom stereocenters. The van der Waals surface area contributed by atoms with Gasteiger partial charge in [-0.15, -0.1) is 5.10 Å². The Morgan fingerprint density at radius 1 is 1.38 bits per heavy atom. The molecule has 0 saturated carbocycles. The number of rotatable bonds is 1. The number of aryl methyl sites for hydroxylation is 2. The highest BCUT2D eigenvalue weighted by atomic mass is 16.4. The minimum atomic E-state index is 0.200. The molecule has 0 spiro atoms. The van der Waals surface area contributed by atoms with Gasteiger partial charge in [-0.05, 0) is 36.4 Å². The summed E-state index contributed by atoms with van der Waals surface area (Å²) < 4.78 is 1.32. The largest absolute Gasteiger partial charge is 0.409 e. The minimum absolute atomic E-state index is 0.200. The molecule has 0 aromatic carbocycles. The Morgan fingerprint density at radius 2 is 2.19 bits per heavy atom. The van der Waals surface area contributed by atoms with E-state index in [1.54, 1.807) is 13.0 Å². The molecule has 1 N–H and O–H groups in total. The van der Waals surface area contributed by atoms with E-state index in [0.717, 1.165) is 5.69 Å². The number of pyridine rings is 1. The van der Waals surface area contributed by atoms with Crippen LogP contribution in [0.25, 0.3) is 0 Å². The SMILES string of the molecule is Cc1cccc(/C(=N\O)n2nnnc2C)n1. The maximum atomic E-state index is 9.00. The van der Waals surface area contributed by atoms with Crippen molar-refractivity contribution in [1.82, 2.24) is 25.2 Å². The summed E-state index contributed by atoms with van der Waals surface area (Å²) in [6.45, 7) is 3.56. The number of tetrazole rings is 1. The Morgan fingerprint density at radius 3 is 2.75 bits per heavy atom. The molecule has 2 rings (SSSR count). The van der Waals surface area contributed by atoms with Crippen LogP contribution >= 0.6 is 0 Å². The van der Waals surface area contributed by atoms with Gasteiger partial charge < -0.3 is 5.21 Å². The summed E-state index contributed by atoms with van der Waals surface area (Å²) in [4.78, 5) is 4.23. The van der Waals surface area contributed by atoms with Crippen LogP contribution < -0.4 is 0 Å². The van der Waals surface area contributed by atoms with Gasteiger partial charge in [0.25, 0.3) is 0 Å². The molecule has 0 aliphatic heterocycles. The maximum absolute atomic E-state index is 9.00. The van der Waals surface area contributed by atoms with Crippen molar-refractivity contribution in [3.8, 4) is 0 Å². The predicted octanol–water partition coefficient (Wildman–Crippen LogP) is 0.369. The maximum Gasteiger partial charge on any atom is 0.221 e. The minimum Gasteiger partial charge on any atom is -0.409 e. The molecule has 0 atom stereocenters. The second-order valence-electron chi connectivity index (χ2n) is 3.23. The first-order valence-corrected chi connectivity index (χ1v) is 4.64. The zero-order chi connectivity index (χ0) is 11.5. The molecular weight excluding hydrogens is 208 g/mol. The van der Waals surface area contributed by atoms with Crippen LogP contribution in [0, 0.1) is 13.8 Å². The summed E-state index contributed by atoms with van der Waals surface area (Å²) in [6.07, 6.45) is 0. The third kappa shape index (κ3) is 1.74. The first kappa shape index (κ1) is 10.2. The fourth-order valence-corrected chi connectivity index (χ4v) is 1.30. The van der Waals surface area contributed by atoms with Gasteiger partial charge in [-0.3, -0.25) is 0 Å². The molecular formula is C9H10N6O. The van der Waals surface area contributed by atoms with E-state index in [1.165, 1.54) is 4.68 Å². The lowest BCUT2D eigenvalue weighted by Crippen LogP contribution is -2.18. The third-order valence-electron chi connectivity index (χ3n) is 2.04. The van der Waals surface area contributed by atoms with E-state index >= 15 is 0 Å². The molecule has 0 amide bonds. The molecule has 82 valence electrons. The Labute approximate surface area is 91.4 Å². The standard InChI is InChI=1S/C9H10N6O/c1-6-4-3-5-8(10-6)9(12-16)15-7(2)11-13-14-15/h3-5,16H,1-2H3/b12-9+. The lowest BCUT2D eigenvalue weighted by Gasteiger charge is -2.04. The quantitative estimate of drug-likeness (QED) is 0.323. The van der Waals surface area contributed by atoms with Gasteiger partial charge in [-0.2, -0.15) is 4.68 Å². The Bertz CT molecular complexity index is 532. The van der Waals surface area contributed by atoms with E-state index in [4.69, 9.17) is 5.21 Å². The van der Waals surface area contributed by atoms with Crippen LogP contribution in [0.3, 0.4) is 0 Å². The van der Waals surface area contributed by atoms with Gasteiger partial charge in [-0.1, -0.05) is 11.2 Å².